The number of hydrogen-bond donors (Lipinski definition) is 0. The van der Waals surface area contributed by atoms with Crippen LogP contribution in [0.4, 0.5) is 0 Å². The van der Waals surface area contributed by atoms with E-state index in [2.05, 4.69) is 28.3 Å². The number of carbonyl (C=O) groups excluding carboxylic acids is 1. The fraction of sp³-hybridized carbons (Fsp3) is 0.333. The maximum atomic E-state index is 13.0. The Kier molecular flexibility index (Phi) is 4.71. The first-order valence-electron chi connectivity index (χ1n) is 9.17. The molecule has 3 aromatic rings. The van der Waals surface area contributed by atoms with Gasteiger partial charge in [0.15, 0.2) is 0 Å². The number of amides is 1. The first-order valence-corrected chi connectivity index (χ1v) is 9.17. The monoisotopic (exact) mass is 348 g/mol. The highest BCUT2D eigenvalue weighted by Gasteiger charge is 2.20. The molecule has 0 atom stereocenters. The van der Waals surface area contributed by atoms with Crippen LogP contribution in [-0.2, 0) is 13.6 Å². The van der Waals surface area contributed by atoms with E-state index in [1.807, 2.05) is 53.2 Å². The van der Waals surface area contributed by atoms with Crippen LogP contribution in [0.5, 0.6) is 0 Å². The van der Waals surface area contributed by atoms with Gasteiger partial charge in [-0.25, -0.2) is 0 Å². The highest BCUT2D eigenvalue weighted by Crippen LogP contribution is 2.18. The van der Waals surface area contributed by atoms with E-state index in [-0.39, 0.29) is 5.91 Å². The Hall–Kier alpha value is -2.66. The van der Waals surface area contributed by atoms with Gasteiger partial charge in [0.2, 0.25) is 0 Å². The van der Waals surface area contributed by atoms with E-state index < -0.39 is 0 Å². The second kappa shape index (κ2) is 7.30. The molecule has 0 saturated carbocycles. The SMILES string of the molecule is Cn1cc(CN2CCCN(C(=O)c3ccc4ccccc4c3)CC2)cn1. The Bertz CT molecular complexity index is 917. The van der Waals surface area contributed by atoms with E-state index >= 15 is 0 Å². The van der Waals surface area contributed by atoms with Crippen molar-refractivity contribution in [3.8, 4) is 0 Å². The van der Waals surface area contributed by atoms with Crippen molar-refractivity contribution in [2.24, 2.45) is 7.05 Å². The molecule has 0 radical (unpaired) electrons. The molecule has 1 amide bonds. The summed E-state index contributed by atoms with van der Waals surface area (Å²) in [6.45, 7) is 4.39. The maximum Gasteiger partial charge on any atom is 0.253 e. The third-order valence-electron chi connectivity index (χ3n) is 5.04. The van der Waals surface area contributed by atoms with E-state index in [0.29, 0.717) is 0 Å². The molecule has 1 fully saturated rings. The van der Waals surface area contributed by atoms with Crippen LogP contribution < -0.4 is 0 Å². The quantitative estimate of drug-likeness (QED) is 0.731. The summed E-state index contributed by atoms with van der Waals surface area (Å²) in [5, 5.41) is 6.52. The molecular weight excluding hydrogens is 324 g/mol. The molecule has 0 aliphatic carbocycles. The molecule has 5 nitrogen and oxygen atoms in total. The highest BCUT2D eigenvalue weighted by molar-refractivity contribution is 5.98. The van der Waals surface area contributed by atoms with Crippen LogP contribution in [0.1, 0.15) is 22.3 Å². The van der Waals surface area contributed by atoms with Crippen molar-refractivity contribution in [3.05, 3.63) is 66.0 Å². The van der Waals surface area contributed by atoms with Gasteiger partial charge in [0, 0.05) is 57.1 Å². The van der Waals surface area contributed by atoms with Crippen molar-refractivity contribution in [1.29, 1.82) is 0 Å². The van der Waals surface area contributed by atoms with Gasteiger partial charge >= 0.3 is 0 Å². The van der Waals surface area contributed by atoms with E-state index in [1.54, 1.807) is 0 Å². The minimum Gasteiger partial charge on any atom is -0.337 e. The van der Waals surface area contributed by atoms with Crippen molar-refractivity contribution in [2.45, 2.75) is 13.0 Å². The van der Waals surface area contributed by atoms with E-state index in [1.165, 1.54) is 10.9 Å². The lowest BCUT2D eigenvalue weighted by atomic mass is 10.1. The first-order chi connectivity index (χ1) is 12.7. The van der Waals surface area contributed by atoms with Crippen LogP contribution in [0.2, 0.25) is 0 Å². The molecule has 0 unspecified atom stereocenters. The number of nitrogens with zero attached hydrogens (tertiary/aromatic N) is 4. The Morgan fingerprint density at radius 2 is 1.88 bits per heavy atom. The van der Waals surface area contributed by atoms with Gasteiger partial charge in [-0.15, -0.1) is 0 Å². The van der Waals surface area contributed by atoms with Crippen LogP contribution in [0.15, 0.2) is 54.9 Å². The normalized spacial score (nSPS) is 16.0. The molecule has 134 valence electrons. The third kappa shape index (κ3) is 3.63. The number of carbonyl (C=O) groups is 1. The number of rotatable bonds is 3. The van der Waals surface area contributed by atoms with Gasteiger partial charge in [-0.1, -0.05) is 30.3 Å². The summed E-state index contributed by atoms with van der Waals surface area (Å²) in [6.07, 6.45) is 4.98. The summed E-state index contributed by atoms with van der Waals surface area (Å²) >= 11 is 0. The van der Waals surface area contributed by atoms with Crippen molar-refractivity contribution in [3.63, 3.8) is 0 Å². The second-order valence-corrected chi connectivity index (χ2v) is 7.01. The standard InChI is InChI=1S/C21H24N4O/c1-23-15-17(14-22-23)16-24-9-4-10-25(12-11-24)21(26)20-8-7-18-5-2-3-6-19(18)13-20/h2-3,5-8,13-15H,4,9-12,16H2,1H3. The van der Waals surface area contributed by atoms with Gasteiger partial charge in [-0.3, -0.25) is 14.4 Å². The molecule has 26 heavy (non-hydrogen) atoms. The fourth-order valence-corrected chi connectivity index (χ4v) is 3.65. The van der Waals surface area contributed by atoms with E-state index in [4.69, 9.17) is 0 Å². The molecule has 1 aromatic heterocycles. The summed E-state index contributed by atoms with van der Waals surface area (Å²) in [6, 6.07) is 14.2. The predicted molar refractivity (Wildman–Crippen MR) is 103 cm³/mol. The van der Waals surface area contributed by atoms with Crippen LogP contribution in [0.3, 0.4) is 0 Å². The number of benzene rings is 2. The molecule has 5 heteroatoms. The molecular formula is C21H24N4O. The van der Waals surface area contributed by atoms with Gasteiger partial charge in [0.25, 0.3) is 5.91 Å². The van der Waals surface area contributed by atoms with Crippen molar-refractivity contribution >= 4 is 16.7 Å². The molecule has 1 aliphatic heterocycles. The average Bonchev–Trinajstić information content (AvgIpc) is 2.93. The smallest absolute Gasteiger partial charge is 0.253 e. The summed E-state index contributed by atoms with van der Waals surface area (Å²) in [5.74, 6) is 0.138. The molecule has 2 heterocycles. The second-order valence-electron chi connectivity index (χ2n) is 7.01. The lowest BCUT2D eigenvalue weighted by Crippen LogP contribution is -2.35. The van der Waals surface area contributed by atoms with Crippen LogP contribution >= 0.6 is 0 Å². The van der Waals surface area contributed by atoms with Crippen molar-refractivity contribution in [1.82, 2.24) is 19.6 Å². The van der Waals surface area contributed by atoms with Gasteiger partial charge < -0.3 is 4.90 Å². The van der Waals surface area contributed by atoms with Gasteiger partial charge in [-0.2, -0.15) is 5.10 Å². The number of fused-ring (bicyclic) bond motifs is 1. The molecule has 0 bridgehead atoms. The van der Waals surface area contributed by atoms with E-state index in [9.17, 15) is 4.79 Å². The highest BCUT2D eigenvalue weighted by atomic mass is 16.2. The Morgan fingerprint density at radius 1 is 1.04 bits per heavy atom. The van der Waals surface area contributed by atoms with Crippen molar-refractivity contribution < 1.29 is 4.79 Å². The minimum atomic E-state index is 0.138. The fourth-order valence-electron chi connectivity index (χ4n) is 3.65. The number of aromatic nitrogens is 2. The summed E-state index contributed by atoms with van der Waals surface area (Å²) in [4.78, 5) is 17.4. The number of hydrogen-bond acceptors (Lipinski definition) is 3. The first kappa shape index (κ1) is 16.8. The Balaban J connectivity index is 1.43. The van der Waals surface area contributed by atoms with Gasteiger partial charge in [0.1, 0.15) is 0 Å². The zero-order valence-electron chi connectivity index (χ0n) is 15.1. The molecule has 1 saturated heterocycles. The molecule has 0 spiro atoms. The molecule has 1 aliphatic rings. The number of aryl methyl sites for hydroxylation is 1. The lowest BCUT2D eigenvalue weighted by Gasteiger charge is -2.22. The topological polar surface area (TPSA) is 41.4 Å². The third-order valence-corrected chi connectivity index (χ3v) is 5.04. The van der Waals surface area contributed by atoms with Crippen LogP contribution in [-0.4, -0.2) is 51.7 Å². The Morgan fingerprint density at radius 3 is 2.69 bits per heavy atom. The Labute approximate surface area is 153 Å². The zero-order chi connectivity index (χ0) is 17.9. The van der Waals surface area contributed by atoms with Crippen LogP contribution in [0, 0.1) is 0 Å². The average molecular weight is 348 g/mol. The van der Waals surface area contributed by atoms with Crippen molar-refractivity contribution in [2.75, 3.05) is 26.2 Å². The van der Waals surface area contributed by atoms with E-state index in [0.717, 1.165) is 50.1 Å². The minimum absolute atomic E-state index is 0.138. The zero-order valence-corrected chi connectivity index (χ0v) is 15.1. The summed E-state index contributed by atoms with van der Waals surface area (Å²) < 4.78 is 1.84. The molecule has 0 N–H and O–H groups in total. The molecule has 2 aromatic carbocycles. The largest absolute Gasteiger partial charge is 0.337 e. The summed E-state index contributed by atoms with van der Waals surface area (Å²) in [5.41, 5.74) is 2.01. The lowest BCUT2D eigenvalue weighted by molar-refractivity contribution is 0.0761. The maximum absolute atomic E-state index is 13.0. The van der Waals surface area contributed by atoms with Crippen LogP contribution in [0.25, 0.3) is 10.8 Å². The van der Waals surface area contributed by atoms with Gasteiger partial charge in [0.05, 0.1) is 6.20 Å². The molecule has 4 rings (SSSR count). The predicted octanol–water partition coefficient (Wildman–Crippen LogP) is 2.92. The summed E-state index contributed by atoms with van der Waals surface area (Å²) in [7, 11) is 1.94. The van der Waals surface area contributed by atoms with Gasteiger partial charge in [-0.05, 0) is 29.3 Å².